The van der Waals surface area contributed by atoms with Gasteiger partial charge in [0.15, 0.2) is 0 Å². The summed E-state index contributed by atoms with van der Waals surface area (Å²) in [5.41, 5.74) is -0.00166. The van der Waals surface area contributed by atoms with Gasteiger partial charge in [-0.05, 0) is 12.8 Å². The van der Waals surface area contributed by atoms with E-state index in [9.17, 15) is 13.6 Å². The maximum atomic E-state index is 13.4. The topological polar surface area (TPSA) is 36.0 Å². The van der Waals surface area contributed by atoms with E-state index in [-0.39, 0.29) is 36.4 Å². The van der Waals surface area contributed by atoms with Crippen molar-refractivity contribution in [2.75, 3.05) is 45.9 Å². The van der Waals surface area contributed by atoms with E-state index in [2.05, 4.69) is 9.80 Å². The minimum absolute atomic E-state index is 0.00166. The summed E-state index contributed by atoms with van der Waals surface area (Å²) in [5.74, 6) is -2.35. The molecule has 4 rings (SSSR count). The Hall–Kier alpha value is -0.790. The Morgan fingerprint density at radius 1 is 1.12 bits per heavy atom. The molecular formula is C17H27F2N3O2. The molecule has 0 aromatic rings. The lowest BCUT2D eigenvalue weighted by atomic mass is 9.79. The SMILES string of the molecule is CC(=O)N1CC2COCCN2C2(C1)CN(C1CCC(F)(F)CC1)C2. The lowest BCUT2D eigenvalue weighted by molar-refractivity contribution is -0.183. The van der Waals surface area contributed by atoms with Crippen LogP contribution in [-0.2, 0) is 9.53 Å². The van der Waals surface area contributed by atoms with Crippen molar-refractivity contribution in [2.45, 2.75) is 56.2 Å². The Bertz CT molecular complexity index is 500. The van der Waals surface area contributed by atoms with E-state index in [1.54, 1.807) is 6.92 Å². The normalized spacial score (nSPS) is 34.0. The first kappa shape index (κ1) is 16.7. The average Bonchev–Trinajstić information content (AvgIpc) is 2.52. The van der Waals surface area contributed by atoms with Gasteiger partial charge >= 0.3 is 0 Å². The van der Waals surface area contributed by atoms with Gasteiger partial charge in [-0.1, -0.05) is 0 Å². The molecule has 1 atom stereocenters. The molecule has 7 heteroatoms. The highest BCUT2D eigenvalue weighted by molar-refractivity contribution is 5.73. The molecule has 24 heavy (non-hydrogen) atoms. The zero-order chi connectivity index (χ0) is 16.9. The third-order valence-electron chi connectivity index (χ3n) is 6.40. The molecule has 4 fully saturated rings. The highest BCUT2D eigenvalue weighted by Crippen LogP contribution is 2.41. The second-order valence-corrected chi connectivity index (χ2v) is 8.04. The summed E-state index contributed by atoms with van der Waals surface area (Å²) >= 11 is 0. The van der Waals surface area contributed by atoms with E-state index in [0.29, 0.717) is 19.4 Å². The summed E-state index contributed by atoms with van der Waals surface area (Å²) < 4.78 is 32.4. The van der Waals surface area contributed by atoms with Gasteiger partial charge < -0.3 is 9.64 Å². The van der Waals surface area contributed by atoms with E-state index < -0.39 is 5.92 Å². The predicted octanol–water partition coefficient (Wildman–Crippen LogP) is 1.18. The Labute approximate surface area is 141 Å². The molecule has 0 radical (unpaired) electrons. The summed E-state index contributed by atoms with van der Waals surface area (Å²) in [7, 11) is 0. The van der Waals surface area contributed by atoms with Crippen LogP contribution in [0.2, 0.25) is 0 Å². The molecule has 1 spiro atoms. The van der Waals surface area contributed by atoms with Crippen molar-refractivity contribution in [1.29, 1.82) is 0 Å². The summed E-state index contributed by atoms with van der Waals surface area (Å²) in [6.45, 7) is 7.26. The number of hydrogen-bond acceptors (Lipinski definition) is 4. The maximum Gasteiger partial charge on any atom is 0.248 e. The van der Waals surface area contributed by atoms with Crippen molar-refractivity contribution in [3.05, 3.63) is 0 Å². The van der Waals surface area contributed by atoms with Crippen molar-refractivity contribution in [3.8, 4) is 0 Å². The lowest BCUT2D eigenvalue weighted by Gasteiger charge is -2.64. The maximum absolute atomic E-state index is 13.4. The van der Waals surface area contributed by atoms with Gasteiger partial charge in [-0.3, -0.25) is 14.6 Å². The minimum Gasteiger partial charge on any atom is -0.378 e. The van der Waals surface area contributed by atoms with Crippen LogP contribution in [0.1, 0.15) is 32.6 Å². The van der Waals surface area contributed by atoms with Gasteiger partial charge in [-0.2, -0.15) is 0 Å². The van der Waals surface area contributed by atoms with Gasteiger partial charge in [0.1, 0.15) is 0 Å². The molecule has 1 unspecified atom stereocenters. The molecule has 136 valence electrons. The van der Waals surface area contributed by atoms with Gasteiger partial charge in [0, 0.05) is 58.5 Å². The average molecular weight is 343 g/mol. The Balaban J connectivity index is 1.43. The molecule has 4 aliphatic rings. The first-order valence-electron chi connectivity index (χ1n) is 9.10. The molecule has 1 amide bonds. The molecule has 1 saturated carbocycles. The molecule has 0 aromatic heterocycles. The second kappa shape index (κ2) is 5.88. The van der Waals surface area contributed by atoms with E-state index in [1.165, 1.54) is 0 Å². The number of amides is 1. The molecule has 0 bridgehead atoms. The quantitative estimate of drug-likeness (QED) is 0.716. The zero-order valence-corrected chi connectivity index (χ0v) is 14.3. The van der Waals surface area contributed by atoms with Gasteiger partial charge in [-0.25, -0.2) is 8.78 Å². The second-order valence-electron chi connectivity index (χ2n) is 8.04. The third kappa shape index (κ3) is 2.84. The summed E-state index contributed by atoms with van der Waals surface area (Å²) in [6.07, 6.45) is 1.21. The number of piperazine rings is 1. The van der Waals surface area contributed by atoms with Crippen molar-refractivity contribution >= 4 is 5.91 Å². The van der Waals surface area contributed by atoms with Crippen molar-refractivity contribution in [1.82, 2.24) is 14.7 Å². The molecular weight excluding hydrogens is 316 g/mol. The smallest absolute Gasteiger partial charge is 0.248 e. The van der Waals surface area contributed by atoms with Crippen LogP contribution in [0.5, 0.6) is 0 Å². The van der Waals surface area contributed by atoms with Gasteiger partial charge in [0.05, 0.1) is 24.8 Å². The van der Waals surface area contributed by atoms with Crippen molar-refractivity contribution < 1.29 is 18.3 Å². The van der Waals surface area contributed by atoms with E-state index >= 15 is 0 Å². The Morgan fingerprint density at radius 2 is 1.83 bits per heavy atom. The number of carbonyl (C=O) groups excluding carboxylic acids is 1. The number of fused-ring (bicyclic) bond motifs is 2. The fourth-order valence-corrected chi connectivity index (χ4v) is 5.08. The van der Waals surface area contributed by atoms with Crippen LogP contribution < -0.4 is 0 Å². The molecule has 3 saturated heterocycles. The van der Waals surface area contributed by atoms with Crippen LogP contribution in [0.4, 0.5) is 8.78 Å². The fourth-order valence-electron chi connectivity index (χ4n) is 5.08. The number of alkyl halides is 2. The van der Waals surface area contributed by atoms with E-state index in [1.807, 2.05) is 4.90 Å². The largest absolute Gasteiger partial charge is 0.378 e. The highest BCUT2D eigenvalue weighted by atomic mass is 19.3. The number of morpholine rings is 1. The monoisotopic (exact) mass is 343 g/mol. The van der Waals surface area contributed by atoms with E-state index in [4.69, 9.17) is 4.74 Å². The Kier molecular flexibility index (Phi) is 4.09. The first-order valence-corrected chi connectivity index (χ1v) is 9.10. The van der Waals surface area contributed by atoms with Gasteiger partial charge in [0.25, 0.3) is 0 Å². The van der Waals surface area contributed by atoms with Crippen LogP contribution in [-0.4, -0.2) is 90.1 Å². The summed E-state index contributed by atoms with van der Waals surface area (Å²) in [5, 5.41) is 0. The van der Waals surface area contributed by atoms with Crippen LogP contribution in [0, 0.1) is 0 Å². The molecule has 5 nitrogen and oxygen atoms in total. The van der Waals surface area contributed by atoms with Crippen LogP contribution in [0.15, 0.2) is 0 Å². The molecule has 0 aromatic carbocycles. The number of carbonyl (C=O) groups is 1. The van der Waals surface area contributed by atoms with Crippen molar-refractivity contribution in [2.24, 2.45) is 0 Å². The van der Waals surface area contributed by atoms with Gasteiger partial charge in [0.2, 0.25) is 11.8 Å². The third-order valence-corrected chi connectivity index (χ3v) is 6.40. The van der Waals surface area contributed by atoms with Crippen LogP contribution >= 0.6 is 0 Å². The zero-order valence-electron chi connectivity index (χ0n) is 14.3. The number of hydrogen-bond donors (Lipinski definition) is 0. The first-order chi connectivity index (χ1) is 11.4. The molecule has 0 N–H and O–H groups in total. The van der Waals surface area contributed by atoms with Gasteiger partial charge in [-0.15, -0.1) is 0 Å². The standard InChI is InChI=1S/C17H27F2N3O2/c1-13(23)20-8-15-9-24-7-6-22(15)16(10-20)11-21(12-16)14-2-4-17(18,19)5-3-14/h14-15H,2-12H2,1H3. The number of likely N-dealkylation sites (tertiary alicyclic amines) is 1. The molecule has 1 aliphatic carbocycles. The van der Waals surface area contributed by atoms with Crippen molar-refractivity contribution in [3.63, 3.8) is 0 Å². The molecule has 3 aliphatic heterocycles. The number of rotatable bonds is 1. The predicted molar refractivity (Wildman–Crippen MR) is 85.1 cm³/mol. The Morgan fingerprint density at radius 3 is 2.50 bits per heavy atom. The minimum atomic E-state index is -2.47. The summed E-state index contributed by atoms with van der Waals surface area (Å²) in [6, 6.07) is 0.552. The molecule has 3 heterocycles. The number of halogens is 2. The van der Waals surface area contributed by atoms with Crippen LogP contribution in [0.3, 0.4) is 0 Å². The summed E-state index contributed by atoms with van der Waals surface area (Å²) in [4.78, 5) is 18.8. The van der Waals surface area contributed by atoms with E-state index in [0.717, 1.165) is 39.3 Å². The lowest BCUT2D eigenvalue weighted by Crippen LogP contribution is -2.81. The highest BCUT2D eigenvalue weighted by Gasteiger charge is 2.56. The fraction of sp³-hybridized carbons (Fsp3) is 0.941. The number of nitrogens with zero attached hydrogens (tertiary/aromatic N) is 3. The number of ether oxygens (including phenoxy) is 1. The van der Waals surface area contributed by atoms with Crippen LogP contribution in [0.25, 0.3) is 0 Å².